The van der Waals surface area contributed by atoms with Gasteiger partial charge in [0.2, 0.25) is 0 Å². The summed E-state index contributed by atoms with van der Waals surface area (Å²) in [4.78, 5) is 12.7. The van der Waals surface area contributed by atoms with Gasteiger partial charge in [0.05, 0.1) is 6.10 Å². The first kappa shape index (κ1) is 22.7. The minimum atomic E-state index is -1.68. The Balaban J connectivity index is 1.71. The Bertz CT molecular complexity index is 703. The molecule has 0 aromatic heterocycles. The van der Waals surface area contributed by atoms with Crippen molar-refractivity contribution in [2.45, 2.75) is 110 Å². The lowest BCUT2D eigenvalue weighted by atomic mass is 9.46. The van der Waals surface area contributed by atoms with Crippen LogP contribution in [0.4, 0.5) is 0 Å². The molecule has 170 valence electrons. The number of carbonyl (C=O) groups is 1. The average molecular weight is 433 g/mol. The molecule has 0 aromatic rings. The van der Waals surface area contributed by atoms with E-state index >= 15 is 0 Å². The van der Waals surface area contributed by atoms with Gasteiger partial charge in [-0.1, -0.05) is 33.3 Å². The largest absolute Gasteiger partial charge is 0.416 e. The number of rotatable bonds is 6. The molecule has 30 heavy (non-hydrogen) atoms. The normalized spacial score (nSPS) is 41.5. The van der Waals surface area contributed by atoms with Gasteiger partial charge in [-0.2, -0.15) is 0 Å². The van der Waals surface area contributed by atoms with Crippen LogP contribution in [0.3, 0.4) is 0 Å². The van der Waals surface area contributed by atoms with E-state index in [2.05, 4.69) is 34.6 Å². The zero-order valence-corrected chi connectivity index (χ0v) is 21.1. The van der Waals surface area contributed by atoms with E-state index < -0.39 is 8.32 Å². The molecular formula is C26H44O3Si. The lowest BCUT2D eigenvalue weighted by molar-refractivity contribution is -0.121. The Hall–Kier alpha value is -0.453. The van der Waals surface area contributed by atoms with Crippen molar-refractivity contribution in [1.29, 1.82) is 0 Å². The summed E-state index contributed by atoms with van der Waals surface area (Å²) in [5.41, 5.74) is 2.72. The van der Waals surface area contributed by atoms with Crippen LogP contribution >= 0.6 is 0 Å². The first-order chi connectivity index (χ1) is 14.3. The van der Waals surface area contributed by atoms with Gasteiger partial charge in [0.1, 0.15) is 0 Å². The highest BCUT2D eigenvalue weighted by molar-refractivity contribution is 6.73. The highest BCUT2D eigenvalue weighted by atomic mass is 28.4. The van der Waals surface area contributed by atoms with Crippen molar-refractivity contribution >= 4 is 14.1 Å². The minimum absolute atomic E-state index is 0.0769. The Morgan fingerprint density at radius 1 is 1.00 bits per heavy atom. The van der Waals surface area contributed by atoms with E-state index in [0.29, 0.717) is 30.0 Å². The smallest absolute Gasteiger partial charge is 0.192 e. The monoisotopic (exact) mass is 432 g/mol. The summed E-state index contributed by atoms with van der Waals surface area (Å²) in [7, 11) is -1.68. The van der Waals surface area contributed by atoms with E-state index in [1.165, 1.54) is 43.0 Å². The number of hydrogen-bond donors (Lipinski definition) is 1. The van der Waals surface area contributed by atoms with E-state index in [-0.39, 0.29) is 16.9 Å². The van der Waals surface area contributed by atoms with Crippen LogP contribution in [0.2, 0.25) is 18.1 Å². The summed E-state index contributed by atoms with van der Waals surface area (Å²) in [6.07, 6.45) is 8.35. The summed E-state index contributed by atoms with van der Waals surface area (Å²) in [6.45, 7) is 12.3. The molecule has 0 unspecified atom stereocenters. The highest BCUT2D eigenvalue weighted by Crippen LogP contribution is 2.66. The molecule has 4 heteroatoms. The number of hydrogen-bond acceptors (Lipinski definition) is 3. The summed E-state index contributed by atoms with van der Waals surface area (Å²) in [5.74, 6) is 2.34. The second-order valence-electron chi connectivity index (χ2n) is 11.3. The molecule has 4 aliphatic carbocycles. The lowest BCUT2D eigenvalue weighted by Crippen LogP contribution is -2.55. The van der Waals surface area contributed by atoms with Gasteiger partial charge in [-0.05, 0) is 98.7 Å². The molecule has 4 aliphatic rings. The molecule has 1 N–H and O–H groups in total. The van der Waals surface area contributed by atoms with E-state index in [0.717, 1.165) is 37.9 Å². The first-order valence-electron chi connectivity index (χ1n) is 12.8. The Labute approximate surface area is 185 Å². The molecule has 6 atom stereocenters. The quantitative estimate of drug-likeness (QED) is 0.503. The van der Waals surface area contributed by atoms with Crippen LogP contribution in [0.25, 0.3) is 0 Å². The average Bonchev–Trinajstić information content (AvgIpc) is 3.07. The van der Waals surface area contributed by atoms with Crippen LogP contribution in [-0.2, 0) is 9.22 Å². The third-order valence-electron chi connectivity index (χ3n) is 10.7. The predicted molar refractivity (Wildman–Crippen MR) is 125 cm³/mol. The fourth-order valence-electron chi connectivity index (χ4n) is 8.33. The number of Topliss-reactive ketones (excluding diaryl/α,β-unsaturated/α-hetero) is 1. The Morgan fingerprint density at radius 3 is 2.37 bits per heavy atom. The Morgan fingerprint density at radius 2 is 1.70 bits per heavy atom. The molecule has 0 heterocycles. The summed E-state index contributed by atoms with van der Waals surface area (Å²) in [6, 6.07) is 3.57. The van der Waals surface area contributed by atoms with Crippen LogP contribution in [-0.4, -0.2) is 31.9 Å². The van der Waals surface area contributed by atoms with Gasteiger partial charge in [-0.3, -0.25) is 4.79 Å². The van der Waals surface area contributed by atoms with Crippen LogP contribution in [0.15, 0.2) is 11.1 Å². The molecule has 0 bridgehead atoms. The van der Waals surface area contributed by atoms with Gasteiger partial charge in [-0.25, -0.2) is 0 Å². The van der Waals surface area contributed by atoms with Crippen molar-refractivity contribution in [3.05, 3.63) is 11.1 Å². The fourth-order valence-corrected chi connectivity index (χ4v) is 11.0. The number of ketones is 1. The molecule has 0 radical (unpaired) electrons. The minimum Gasteiger partial charge on any atom is -0.416 e. The van der Waals surface area contributed by atoms with Crippen molar-refractivity contribution in [3.63, 3.8) is 0 Å². The molecule has 0 saturated heterocycles. The van der Waals surface area contributed by atoms with Gasteiger partial charge in [0.25, 0.3) is 0 Å². The summed E-state index contributed by atoms with van der Waals surface area (Å²) >= 11 is 0. The van der Waals surface area contributed by atoms with Gasteiger partial charge in [0, 0.05) is 18.4 Å². The van der Waals surface area contributed by atoms with Crippen LogP contribution < -0.4 is 0 Å². The van der Waals surface area contributed by atoms with Crippen LogP contribution in [0.1, 0.15) is 86.0 Å². The maximum atomic E-state index is 12.7. The standard InChI is InChI=1S/C26H44O3Si/c1-6-30(7-2,8-3)29-17-26-16-14-23(27)18(4)20(26)10-9-19-21-11-12-24(28)25(21,5)15-13-22(19)26/h19,21-22,24,28H,6-17H2,1-5H3/t19-,21-,22-,24-,25-,26+/m0/s1. The predicted octanol–water partition coefficient (Wildman–Crippen LogP) is 6.27. The zero-order chi connectivity index (χ0) is 21.7. The van der Waals surface area contributed by atoms with Crippen LogP contribution in [0, 0.1) is 28.6 Å². The van der Waals surface area contributed by atoms with Gasteiger partial charge in [0.15, 0.2) is 14.1 Å². The zero-order valence-electron chi connectivity index (χ0n) is 20.1. The lowest BCUT2D eigenvalue weighted by Gasteiger charge is -2.59. The number of aliphatic hydroxyl groups excluding tert-OH is 1. The fraction of sp³-hybridized carbons (Fsp3) is 0.885. The van der Waals surface area contributed by atoms with E-state index in [1.54, 1.807) is 0 Å². The van der Waals surface area contributed by atoms with Crippen molar-refractivity contribution in [2.75, 3.05) is 6.61 Å². The van der Waals surface area contributed by atoms with Gasteiger partial charge >= 0.3 is 0 Å². The van der Waals surface area contributed by atoms with E-state index in [9.17, 15) is 9.90 Å². The van der Waals surface area contributed by atoms with E-state index in [4.69, 9.17) is 4.43 Å². The number of carbonyl (C=O) groups excluding carboxylic acids is 1. The molecule has 3 nitrogen and oxygen atoms in total. The van der Waals surface area contributed by atoms with Crippen LogP contribution in [0.5, 0.6) is 0 Å². The third kappa shape index (κ3) is 3.23. The topological polar surface area (TPSA) is 46.5 Å². The Kier molecular flexibility index (Phi) is 6.18. The molecule has 0 aromatic carbocycles. The van der Waals surface area contributed by atoms with Gasteiger partial charge < -0.3 is 9.53 Å². The summed E-state index contributed by atoms with van der Waals surface area (Å²) < 4.78 is 7.01. The maximum absolute atomic E-state index is 12.7. The molecule has 0 spiro atoms. The second-order valence-corrected chi connectivity index (χ2v) is 16.0. The van der Waals surface area contributed by atoms with Gasteiger partial charge in [-0.15, -0.1) is 0 Å². The molecule has 0 aliphatic heterocycles. The van der Waals surface area contributed by atoms with Crippen molar-refractivity contribution < 1.29 is 14.3 Å². The van der Waals surface area contributed by atoms with Crippen molar-refractivity contribution in [1.82, 2.24) is 0 Å². The summed E-state index contributed by atoms with van der Waals surface area (Å²) in [5, 5.41) is 10.8. The first-order valence-corrected chi connectivity index (χ1v) is 15.4. The third-order valence-corrected chi connectivity index (χ3v) is 15.3. The molecule has 3 saturated carbocycles. The second kappa shape index (κ2) is 8.15. The molecule has 3 fully saturated rings. The molecular weight excluding hydrogens is 388 g/mol. The number of aliphatic hydroxyl groups is 1. The maximum Gasteiger partial charge on any atom is 0.192 e. The number of fused-ring (bicyclic) bond motifs is 5. The SMILES string of the molecule is CC[Si](CC)(CC)OC[C@]12CCC(=O)C(C)=C1CC[C@@H]1[C@@H]2CC[C@]2(C)[C@@H](O)CC[C@@H]12. The van der Waals surface area contributed by atoms with E-state index in [1.807, 2.05) is 0 Å². The molecule has 0 amide bonds. The van der Waals surface area contributed by atoms with Crippen molar-refractivity contribution in [2.24, 2.45) is 28.6 Å². The molecule has 4 rings (SSSR count). The highest BCUT2D eigenvalue weighted by Gasteiger charge is 2.60. The van der Waals surface area contributed by atoms with Crippen molar-refractivity contribution in [3.8, 4) is 0 Å².